The molecule has 8 heteroatoms. The Balaban J connectivity index is 1.38. The summed E-state index contributed by atoms with van der Waals surface area (Å²) in [5.74, 6) is 2.13. The van der Waals surface area contributed by atoms with Crippen molar-refractivity contribution in [3.05, 3.63) is 119 Å². The molecule has 7 nitrogen and oxygen atoms in total. The van der Waals surface area contributed by atoms with Crippen LogP contribution in [0.15, 0.2) is 96.4 Å². The lowest BCUT2D eigenvalue weighted by Crippen LogP contribution is -2.23. The Morgan fingerprint density at radius 3 is 2.14 bits per heavy atom. The molecule has 0 atom stereocenters. The van der Waals surface area contributed by atoms with E-state index in [0.717, 1.165) is 50.5 Å². The summed E-state index contributed by atoms with van der Waals surface area (Å²) in [5.41, 5.74) is 6.53. The minimum atomic E-state index is -0.106. The Bertz CT molecular complexity index is 1630. The van der Waals surface area contributed by atoms with Gasteiger partial charge in [-0.15, -0.1) is 11.3 Å². The third-order valence-corrected chi connectivity index (χ3v) is 7.78. The van der Waals surface area contributed by atoms with E-state index in [2.05, 4.69) is 10.2 Å². The van der Waals surface area contributed by atoms with Crippen LogP contribution < -0.4 is 24.4 Å². The van der Waals surface area contributed by atoms with E-state index in [0.29, 0.717) is 18.7 Å². The van der Waals surface area contributed by atoms with E-state index < -0.39 is 0 Å². The van der Waals surface area contributed by atoms with E-state index in [-0.39, 0.29) is 5.91 Å². The Morgan fingerprint density at radius 2 is 1.48 bits per heavy atom. The van der Waals surface area contributed by atoms with Gasteiger partial charge in [-0.3, -0.25) is 4.79 Å². The Morgan fingerprint density at radius 1 is 0.810 bits per heavy atom. The number of benzene rings is 4. The molecular formula is C34H33N3O4S. The van der Waals surface area contributed by atoms with Crippen molar-refractivity contribution in [2.24, 2.45) is 0 Å². The van der Waals surface area contributed by atoms with Crippen LogP contribution in [0.25, 0.3) is 11.3 Å². The SMILES string of the molecule is COc1ccc(N(Cc2ccc(C(=O)NCc3ccc(C)cc3)cc2)c2nc(-c3cc(OC)ccc3OC)cs2)cc1. The average Bonchev–Trinajstić information content (AvgIpc) is 3.53. The number of amides is 1. The maximum Gasteiger partial charge on any atom is 0.251 e. The van der Waals surface area contributed by atoms with Gasteiger partial charge in [0.15, 0.2) is 5.13 Å². The largest absolute Gasteiger partial charge is 0.497 e. The minimum Gasteiger partial charge on any atom is -0.497 e. The quantitative estimate of drug-likeness (QED) is 0.176. The summed E-state index contributed by atoms with van der Waals surface area (Å²) >= 11 is 1.55. The van der Waals surface area contributed by atoms with Crippen LogP contribution in [0.2, 0.25) is 0 Å². The second-order valence-corrected chi connectivity index (χ2v) is 10.6. The third kappa shape index (κ3) is 6.72. The molecule has 0 aliphatic rings. The molecule has 1 N–H and O–H groups in total. The van der Waals surface area contributed by atoms with Gasteiger partial charge in [0.05, 0.1) is 33.6 Å². The molecule has 0 unspecified atom stereocenters. The van der Waals surface area contributed by atoms with Crippen molar-refractivity contribution in [1.29, 1.82) is 0 Å². The molecule has 214 valence electrons. The summed E-state index contributed by atoms with van der Waals surface area (Å²) in [5, 5.41) is 5.84. The molecule has 1 aromatic heterocycles. The van der Waals surface area contributed by atoms with Gasteiger partial charge in [-0.1, -0.05) is 42.0 Å². The monoisotopic (exact) mass is 579 g/mol. The lowest BCUT2D eigenvalue weighted by atomic mass is 10.1. The number of carbonyl (C=O) groups is 1. The standard InChI is InChI=1S/C34H33N3O4S/c1-23-5-7-24(8-6-23)20-35-33(38)26-11-9-25(10-12-26)21-37(27-13-15-28(39-2)16-14-27)34-36-31(22-42-34)30-19-29(40-3)17-18-32(30)41-4/h5-19,22H,20-21H2,1-4H3,(H,35,38). The number of nitrogens with zero attached hydrogens (tertiary/aromatic N) is 2. The minimum absolute atomic E-state index is 0.106. The van der Waals surface area contributed by atoms with Crippen molar-refractivity contribution < 1.29 is 19.0 Å². The first-order chi connectivity index (χ1) is 20.5. The Labute approximate surface area is 250 Å². The molecular weight excluding hydrogens is 546 g/mol. The molecule has 0 spiro atoms. The fourth-order valence-corrected chi connectivity index (χ4v) is 5.34. The first-order valence-electron chi connectivity index (χ1n) is 13.5. The van der Waals surface area contributed by atoms with Gasteiger partial charge in [0.2, 0.25) is 0 Å². The highest BCUT2D eigenvalue weighted by Crippen LogP contribution is 2.38. The second kappa shape index (κ2) is 13.2. The van der Waals surface area contributed by atoms with Crippen molar-refractivity contribution in [3.8, 4) is 28.5 Å². The lowest BCUT2D eigenvalue weighted by Gasteiger charge is -2.22. The van der Waals surface area contributed by atoms with Crippen LogP contribution in [0, 0.1) is 6.92 Å². The highest BCUT2D eigenvalue weighted by atomic mass is 32.1. The summed E-state index contributed by atoms with van der Waals surface area (Å²) in [6, 6.07) is 29.4. The summed E-state index contributed by atoms with van der Waals surface area (Å²) in [6.07, 6.45) is 0. The van der Waals surface area contributed by atoms with Crippen LogP contribution in [0.3, 0.4) is 0 Å². The number of ether oxygens (including phenoxy) is 3. The number of rotatable bonds is 11. The number of hydrogen-bond acceptors (Lipinski definition) is 7. The van der Waals surface area contributed by atoms with E-state index >= 15 is 0 Å². The number of nitrogens with one attached hydrogen (secondary N) is 1. The van der Waals surface area contributed by atoms with Gasteiger partial charge in [0, 0.05) is 28.7 Å². The van der Waals surface area contributed by atoms with Crippen molar-refractivity contribution in [2.45, 2.75) is 20.0 Å². The van der Waals surface area contributed by atoms with Crippen LogP contribution in [0.5, 0.6) is 17.2 Å². The summed E-state index contributed by atoms with van der Waals surface area (Å²) in [4.78, 5) is 19.9. The van der Waals surface area contributed by atoms with Crippen molar-refractivity contribution in [1.82, 2.24) is 10.3 Å². The van der Waals surface area contributed by atoms with E-state index in [4.69, 9.17) is 19.2 Å². The molecule has 0 fully saturated rings. The predicted octanol–water partition coefficient (Wildman–Crippen LogP) is 7.41. The van der Waals surface area contributed by atoms with E-state index in [1.807, 2.05) is 103 Å². The zero-order valence-electron chi connectivity index (χ0n) is 24.1. The molecule has 0 bridgehead atoms. The zero-order chi connectivity index (χ0) is 29.5. The number of thiazole rings is 1. The van der Waals surface area contributed by atoms with Crippen molar-refractivity contribution >= 4 is 28.1 Å². The average molecular weight is 580 g/mol. The van der Waals surface area contributed by atoms with Gasteiger partial charge in [0.1, 0.15) is 17.2 Å². The first-order valence-corrected chi connectivity index (χ1v) is 14.4. The number of hydrogen-bond donors (Lipinski definition) is 1. The number of methoxy groups -OCH3 is 3. The number of carbonyl (C=O) groups excluding carboxylic acids is 1. The van der Waals surface area contributed by atoms with Crippen LogP contribution in [0.1, 0.15) is 27.0 Å². The van der Waals surface area contributed by atoms with E-state index in [1.54, 1.807) is 32.7 Å². The first kappa shape index (κ1) is 28.7. The second-order valence-electron chi connectivity index (χ2n) is 9.73. The number of aromatic nitrogens is 1. The van der Waals surface area contributed by atoms with Gasteiger partial charge >= 0.3 is 0 Å². The van der Waals surface area contributed by atoms with Crippen LogP contribution >= 0.6 is 11.3 Å². The number of aryl methyl sites for hydroxylation is 1. The summed E-state index contributed by atoms with van der Waals surface area (Å²) in [7, 11) is 4.94. The molecule has 0 aliphatic heterocycles. The molecule has 1 heterocycles. The molecule has 4 aromatic carbocycles. The maximum absolute atomic E-state index is 12.8. The fourth-order valence-electron chi connectivity index (χ4n) is 4.49. The molecule has 5 rings (SSSR count). The Hall–Kier alpha value is -4.82. The molecule has 0 saturated heterocycles. The smallest absolute Gasteiger partial charge is 0.251 e. The lowest BCUT2D eigenvalue weighted by molar-refractivity contribution is 0.0951. The van der Waals surface area contributed by atoms with Gasteiger partial charge in [-0.05, 0) is 72.6 Å². The van der Waals surface area contributed by atoms with Gasteiger partial charge in [-0.25, -0.2) is 4.98 Å². The normalized spacial score (nSPS) is 10.7. The third-order valence-electron chi connectivity index (χ3n) is 6.92. The molecule has 0 saturated carbocycles. The topological polar surface area (TPSA) is 72.9 Å². The zero-order valence-corrected chi connectivity index (χ0v) is 24.9. The van der Waals surface area contributed by atoms with Crippen LogP contribution in [0.4, 0.5) is 10.8 Å². The summed E-state index contributed by atoms with van der Waals surface area (Å²) < 4.78 is 16.4. The molecule has 0 radical (unpaired) electrons. The van der Waals surface area contributed by atoms with Gasteiger partial charge in [-0.2, -0.15) is 0 Å². The molecule has 5 aromatic rings. The number of anilines is 2. The molecule has 42 heavy (non-hydrogen) atoms. The van der Waals surface area contributed by atoms with Crippen molar-refractivity contribution in [2.75, 3.05) is 26.2 Å². The van der Waals surface area contributed by atoms with Crippen LogP contribution in [-0.2, 0) is 13.1 Å². The fraction of sp³-hybridized carbons (Fsp3) is 0.176. The highest BCUT2D eigenvalue weighted by Gasteiger charge is 2.18. The van der Waals surface area contributed by atoms with Gasteiger partial charge < -0.3 is 24.4 Å². The van der Waals surface area contributed by atoms with E-state index in [9.17, 15) is 4.79 Å². The summed E-state index contributed by atoms with van der Waals surface area (Å²) in [6.45, 7) is 3.08. The van der Waals surface area contributed by atoms with Crippen molar-refractivity contribution in [3.63, 3.8) is 0 Å². The highest BCUT2D eigenvalue weighted by molar-refractivity contribution is 7.14. The molecule has 0 aliphatic carbocycles. The maximum atomic E-state index is 12.8. The predicted molar refractivity (Wildman–Crippen MR) is 168 cm³/mol. The Kier molecular flexibility index (Phi) is 9.04. The van der Waals surface area contributed by atoms with Gasteiger partial charge in [0.25, 0.3) is 5.91 Å². The molecule has 1 amide bonds. The van der Waals surface area contributed by atoms with Crippen LogP contribution in [-0.4, -0.2) is 32.2 Å². The van der Waals surface area contributed by atoms with E-state index in [1.165, 1.54) is 5.56 Å².